The van der Waals surface area contributed by atoms with E-state index in [4.69, 9.17) is 0 Å². The molecule has 0 atom stereocenters. The van der Waals surface area contributed by atoms with Gasteiger partial charge in [-0.1, -0.05) is 11.3 Å². The molecule has 3 rings (SSSR count). The Bertz CT molecular complexity index is 984. The third kappa shape index (κ3) is 3.16. The molecule has 11 heteroatoms. The van der Waals surface area contributed by atoms with Gasteiger partial charge in [-0.3, -0.25) is 15.2 Å². The number of hydrogen-bond acceptors (Lipinski definition) is 7. The van der Waals surface area contributed by atoms with Crippen LogP contribution < -0.4 is 0 Å². The molecule has 0 aliphatic carbocycles. The summed E-state index contributed by atoms with van der Waals surface area (Å²) in [5.41, 5.74) is 0.569. The normalized spacial score (nSPS) is 11.2. The Hall–Kier alpha value is -2.11. The molecule has 0 spiro atoms. The third-order valence-corrected chi connectivity index (χ3v) is 4.00. The fourth-order valence-corrected chi connectivity index (χ4v) is 2.98. The molecule has 23 heavy (non-hydrogen) atoms. The summed E-state index contributed by atoms with van der Waals surface area (Å²) in [5.74, 6) is 0. The zero-order chi connectivity index (χ0) is 15.9. The van der Waals surface area contributed by atoms with Gasteiger partial charge in [-0.2, -0.15) is 0 Å². The quantitative estimate of drug-likeness (QED) is 0.288. The molecule has 2 aromatic carbocycles. The van der Waals surface area contributed by atoms with E-state index < -0.39 is 19.9 Å². The molecular formula is C12H7AgN4O5S. The van der Waals surface area contributed by atoms with Crippen LogP contribution in [-0.2, 0) is 32.5 Å². The summed E-state index contributed by atoms with van der Waals surface area (Å²) in [6.45, 7) is 0. The van der Waals surface area contributed by atoms with Crippen LogP contribution in [0.5, 0.6) is 0 Å². The number of benzene rings is 2. The number of nitro benzene ring substituents is 1. The van der Waals surface area contributed by atoms with Crippen molar-refractivity contribution < 1.29 is 40.3 Å². The van der Waals surface area contributed by atoms with E-state index in [9.17, 15) is 23.1 Å². The number of H-pyrrole nitrogens is 1. The maximum absolute atomic E-state index is 11.6. The van der Waals surface area contributed by atoms with Crippen LogP contribution in [0, 0.1) is 10.1 Å². The minimum absolute atomic E-state index is 0. The van der Waals surface area contributed by atoms with Gasteiger partial charge in [0, 0.05) is 17.7 Å². The minimum atomic E-state index is -4.81. The SMILES string of the molecule is O=[N+]([O-])c1ccc(-c2ccc3[nH]nnc3c2S(=O)(=O)[O-])cc1.[Ag+]. The molecule has 1 aromatic heterocycles. The van der Waals surface area contributed by atoms with Crippen molar-refractivity contribution in [2.75, 3.05) is 0 Å². The topological polar surface area (TPSA) is 142 Å². The first-order valence-corrected chi connectivity index (χ1v) is 7.33. The Balaban J connectivity index is 0.00000192. The number of aromatic nitrogens is 3. The Morgan fingerprint density at radius 3 is 2.30 bits per heavy atom. The van der Waals surface area contributed by atoms with Gasteiger partial charge >= 0.3 is 22.4 Å². The number of aromatic amines is 1. The monoisotopic (exact) mass is 426 g/mol. The molecule has 0 saturated carbocycles. The van der Waals surface area contributed by atoms with Crippen LogP contribution in [0.25, 0.3) is 22.2 Å². The molecule has 0 amide bonds. The fourth-order valence-electron chi connectivity index (χ4n) is 2.13. The predicted molar refractivity (Wildman–Crippen MR) is 73.9 cm³/mol. The van der Waals surface area contributed by atoms with Gasteiger partial charge in [0.2, 0.25) is 0 Å². The maximum atomic E-state index is 11.6. The first-order valence-electron chi connectivity index (χ1n) is 5.92. The van der Waals surface area contributed by atoms with Gasteiger partial charge in [-0.05, 0) is 23.8 Å². The number of nitro groups is 1. The average molecular weight is 427 g/mol. The average Bonchev–Trinajstić information content (AvgIpc) is 2.93. The van der Waals surface area contributed by atoms with Gasteiger partial charge in [-0.15, -0.1) is 5.10 Å². The Morgan fingerprint density at radius 1 is 1.09 bits per heavy atom. The summed E-state index contributed by atoms with van der Waals surface area (Å²) >= 11 is 0. The van der Waals surface area contributed by atoms with Gasteiger partial charge in [0.25, 0.3) is 5.69 Å². The van der Waals surface area contributed by atoms with Crippen LogP contribution in [0.1, 0.15) is 0 Å². The molecule has 3 aromatic rings. The fraction of sp³-hybridized carbons (Fsp3) is 0. The minimum Gasteiger partial charge on any atom is -0.744 e. The molecule has 1 N–H and O–H groups in total. The van der Waals surface area contributed by atoms with E-state index >= 15 is 0 Å². The van der Waals surface area contributed by atoms with Crippen LogP contribution in [0.15, 0.2) is 41.3 Å². The van der Waals surface area contributed by atoms with Crippen LogP contribution in [-0.4, -0.2) is 33.3 Å². The molecular weight excluding hydrogens is 420 g/mol. The summed E-state index contributed by atoms with van der Waals surface area (Å²) < 4.78 is 34.7. The van der Waals surface area contributed by atoms with Crippen molar-refractivity contribution in [2.45, 2.75) is 4.90 Å². The van der Waals surface area contributed by atoms with Crippen molar-refractivity contribution in [3.05, 3.63) is 46.5 Å². The molecule has 0 fully saturated rings. The number of nitrogens with zero attached hydrogens (tertiary/aromatic N) is 3. The van der Waals surface area contributed by atoms with Crippen LogP contribution in [0.4, 0.5) is 5.69 Å². The summed E-state index contributed by atoms with van der Waals surface area (Å²) in [7, 11) is -4.81. The van der Waals surface area contributed by atoms with Gasteiger partial charge in [0.15, 0.2) is 0 Å². The first-order chi connectivity index (χ1) is 10.4. The van der Waals surface area contributed by atoms with Crippen LogP contribution in [0.3, 0.4) is 0 Å². The molecule has 0 aliphatic rings. The van der Waals surface area contributed by atoms with Crippen molar-refractivity contribution in [1.82, 2.24) is 15.4 Å². The number of rotatable bonds is 3. The zero-order valence-corrected chi connectivity index (χ0v) is 13.4. The van der Waals surface area contributed by atoms with Crippen molar-refractivity contribution >= 4 is 26.8 Å². The van der Waals surface area contributed by atoms with Gasteiger partial charge < -0.3 is 4.55 Å². The summed E-state index contributed by atoms with van der Waals surface area (Å²) in [4.78, 5) is 9.57. The van der Waals surface area contributed by atoms with Crippen molar-refractivity contribution in [2.24, 2.45) is 0 Å². The first kappa shape index (κ1) is 17.2. The van der Waals surface area contributed by atoms with E-state index in [1.165, 1.54) is 36.4 Å². The Morgan fingerprint density at radius 2 is 1.74 bits per heavy atom. The Kier molecular flexibility index (Phi) is 4.63. The number of nitrogens with one attached hydrogen (secondary N) is 1. The van der Waals surface area contributed by atoms with Gasteiger partial charge in [-0.25, -0.2) is 8.42 Å². The van der Waals surface area contributed by atoms with Gasteiger partial charge in [0.1, 0.15) is 15.6 Å². The number of non-ortho nitro benzene ring substituents is 1. The standard InChI is InChI=1S/C12H8N4O5S.Ag/c17-16(18)8-3-1-7(2-4-8)9-5-6-10-11(14-15-13-10)12(9)22(19,20)21;/h1-6H,(H,13,14,15)(H,19,20,21);/q;+1/p-1. The van der Waals surface area contributed by atoms with Crippen LogP contribution >= 0.6 is 0 Å². The van der Waals surface area contributed by atoms with Crippen molar-refractivity contribution in [3.63, 3.8) is 0 Å². The molecule has 0 radical (unpaired) electrons. The molecule has 122 valence electrons. The second kappa shape index (κ2) is 6.18. The van der Waals surface area contributed by atoms with E-state index in [1.54, 1.807) is 0 Å². The molecule has 9 nitrogen and oxygen atoms in total. The second-order valence-electron chi connectivity index (χ2n) is 4.41. The van der Waals surface area contributed by atoms with E-state index in [2.05, 4.69) is 15.4 Å². The largest absolute Gasteiger partial charge is 1.00 e. The molecule has 0 aliphatic heterocycles. The molecule has 0 unspecified atom stereocenters. The van der Waals surface area contributed by atoms with E-state index in [1.807, 2.05) is 0 Å². The van der Waals surface area contributed by atoms with Crippen LogP contribution in [0.2, 0.25) is 0 Å². The van der Waals surface area contributed by atoms with Crippen molar-refractivity contribution in [3.8, 4) is 11.1 Å². The summed E-state index contributed by atoms with van der Waals surface area (Å²) in [6, 6.07) is 8.14. The number of fused-ring (bicyclic) bond motifs is 1. The number of hydrogen-bond donors (Lipinski definition) is 1. The molecule has 1 heterocycles. The smallest absolute Gasteiger partial charge is 0.744 e. The molecule has 0 bridgehead atoms. The van der Waals surface area contributed by atoms with E-state index in [0.29, 0.717) is 11.1 Å². The third-order valence-electron chi connectivity index (χ3n) is 3.09. The van der Waals surface area contributed by atoms with E-state index in [0.717, 1.165) is 0 Å². The van der Waals surface area contributed by atoms with E-state index in [-0.39, 0.29) is 39.1 Å². The Labute approximate surface area is 145 Å². The van der Waals surface area contributed by atoms with Gasteiger partial charge in [0.05, 0.1) is 15.3 Å². The van der Waals surface area contributed by atoms with Crippen molar-refractivity contribution in [1.29, 1.82) is 0 Å². The maximum Gasteiger partial charge on any atom is 1.00 e. The molecule has 0 saturated heterocycles. The summed E-state index contributed by atoms with van der Waals surface area (Å²) in [5, 5.41) is 20.2. The predicted octanol–water partition coefficient (Wildman–Crippen LogP) is 1.43. The summed E-state index contributed by atoms with van der Waals surface area (Å²) in [6.07, 6.45) is 0. The zero-order valence-electron chi connectivity index (χ0n) is 11.1. The second-order valence-corrected chi connectivity index (χ2v) is 5.72.